The van der Waals surface area contributed by atoms with Crippen LogP contribution in [0.25, 0.3) is 11.3 Å². The molecule has 4 rings (SSSR count). The molecule has 26 heavy (non-hydrogen) atoms. The average Bonchev–Trinajstić information content (AvgIpc) is 3.14. The molecule has 0 spiro atoms. The van der Waals surface area contributed by atoms with Gasteiger partial charge in [-0.2, -0.15) is 10.4 Å². The third-order valence-electron chi connectivity index (χ3n) is 4.43. The highest BCUT2D eigenvalue weighted by Gasteiger charge is 2.21. The lowest BCUT2D eigenvalue weighted by molar-refractivity contribution is 0.640. The topological polar surface area (TPSA) is 86.8 Å². The molecule has 0 unspecified atom stereocenters. The number of aryl methyl sites for hydroxylation is 1. The Kier molecular flexibility index (Phi) is 4.19. The maximum Gasteiger partial charge on any atom is 0.147 e. The third-order valence-corrected chi connectivity index (χ3v) is 4.43. The van der Waals surface area contributed by atoms with Crippen LogP contribution in [-0.4, -0.2) is 50.9 Å². The van der Waals surface area contributed by atoms with Gasteiger partial charge in [-0.1, -0.05) is 0 Å². The van der Waals surface area contributed by atoms with Crippen LogP contribution in [0.2, 0.25) is 0 Å². The van der Waals surface area contributed by atoms with Gasteiger partial charge in [-0.25, -0.2) is 9.97 Å². The standard InChI is InChI=1S/C18H18N8/c1-24-13-15(10-22-24)16-11-20-12-17(23-16)25-5-7-26(8-6-25)18-14(9-19)3-2-4-21-18/h2-4,10-13H,5-8H2,1H3. The number of nitriles is 1. The summed E-state index contributed by atoms with van der Waals surface area (Å²) in [6.07, 6.45) is 8.98. The monoisotopic (exact) mass is 346 g/mol. The lowest BCUT2D eigenvalue weighted by atomic mass is 10.2. The van der Waals surface area contributed by atoms with Gasteiger partial charge in [0.1, 0.15) is 17.7 Å². The highest BCUT2D eigenvalue weighted by Crippen LogP contribution is 2.22. The summed E-state index contributed by atoms with van der Waals surface area (Å²) in [5.41, 5.74) is 2.38. The van der Waals surface area contributed by atoms with E-state index in [-0.39, 0.29) is 0 Å². The van der Waals surface area contributed by atoms with E-state index in [1.165, 1.54) is 0 Å². The van der Waals surface area contributed by atoms with Gasteiger partial charge in [-0.05, 0) is 12.1 Å². The number of hydrogen-bond acceptors (Lipinski definition) is 7. The molecule has 0 bridgehead atoms. The van der Waals surface area contributed by atoms with E-state index < -0.39 is 0 Å². The molecule has 0 N–H and O–H groups in total. The van der Waals surface area contributed by atoms with Gasteiger partial charge in [0.05, 0.1) is 29.8 Å². The molecule has 8 heteroatoms. The number of hydrogen-bond donors (Lipinski definition) is 0. The molecule has 3 aromatic rings. The Morgan fingerprint density at radius 1 is 1.08 bits per heavy atom. The van der Waals surface area contributed by atoms with E-state index >= 15 is 0 Å². The van der Waals surface area contributed by atoms with Crippen LogP contribution < -0.4 is 9.80 Å². The molecule has 1 aliphatic rings. The molecule has 0 aliphatic carbocycles. The SMILES string of the molecule is Cn1cc(-c2cncc(N3CCN(c4ncccc4C#N)CC3)n2)cn1. The van der Waals surface area contributed by atoms with Crippen molar-refractivity contribution >= 4 is 11.6 Å². The molecule has 3 aromatic heterocycles. The molecule has 0 radical (unpaired) electrons. The van der Waals surface area contributed by atoms with E-state index in [1.54, 1.807) is 41.6 Å². The number of rotatable bonds is 3. The number of piperazine rings is 1. The van der Waals surface area contributed by atoms with Gasteiger partial charge in [0, 0.05) is 51.2 Å². The Labute approximate surface area is 151 Å². The number of aromatic nitrogens is 5. The van der Waals surface area contributed by atoms with E-state index in [9.17, 15) is 5.26 Å². The second kappa shape index (κ2) is 6.80. The smallest absolute Gasteiger partial charge is 0.147 e. The first kappa shape index (κ1) is 16.0. The molecule has 0 atom stereocenters. The van der Waals surface area contributed by atoms with Crippen molar-refractivity contribution in [3.8, 4) is 17.3 Å². The molecule has 0 aromatic carbocycles. The van der Waals surface area contributed by atoms with E-state index in [0.29, 0.717) is 5.56 Å². The Morgan fingerprint density at radius 2 is 1.88 bits per heavy atom. The zero-order valence-electron chi connectivity index (χ0n) is 14.4. The van der Waals surface area contributed by atoms with E-state index in [1.807, 2.05) is 13.2 Å². The molecule has 0 amide bonds. The first-order valence-corrected chi connectivity index (χ1v) is 8.40. The molecule has 4 heterocycles. The number of anilines is 2. The van der Waals surface area contributed by atoms with Crippen molar-refractivity contribution in [2.24, 2.45) is 7.05 Å². The Bertz CT molecular complexity index is 950. The molecule has 1 saturated heterocycles. The summed E-state index contributed by atoms with van der Waals surface area (Å²) in [5.74, 6) is 1.61. The van der Waals surface area contributed by atoms with Crippen molar-refractivity contribution in [3.63, 3.8) is 0 Å². The fourth-order valence-electron chi connectivity index (χ4n) is 3.08. The summed E-state index contributed by atoms with van der Waals surface area (Å²) in [7, 11) is 1.88. The summed E-state index contributed by atoms with van der Waals surface area (Å²) in [6.45, 7) is 3.16. The van der Waals surface area contributed by atoms with Crippen LogP contribution in [0.4, 0.5) is 11.6 Å². The molecular formula is C18H18N8. The quantitative estimate of drug-likeness (QED) is 0.710. The largest absolute Gasteiger partial charge is 0.352 e. The number of nitrogens with zero attached hydrogens (tertiary/aromatic N) is 8. The molecule has 0 saturated carbocycles. The maximum absolute atomic E-state index is 9.27. The van der Waals surface area contributed by atoms with Gasteiger partial charge in [0.15, 0.2) is 0 Å². The third kappa shape index (κ3) is 3.07. The van der Waals surface area contributed by atoms with Crippen molar-refractivity contribution in [2.45, 2.75) is 0 Å². The van der Waals surface area contributed by atoms with Crippen molar-refractivity contribution in [1.82, 2.24) is 24.7 Å². The molecular weight excluding hydrogens is 328 g/mol. The minimum Gasteiger partial charge on any atom is -0.352 e. The lowest BCUT2D eigenvalue weighted by Gasteiger charge is -2.36. The van der Waals surface area contributed by atoms with Crippen LogP contribution in [0.15, 0.2) is 43.1 Å². The first-order chi connectivity index (χ1) is 12.7. The Hall–Kier alpha value is -3.47. The molecule has 1 aliphatic heterocycles. The van der Waals surface area contributed by atoms with Crippen LogP contribution >= 0.6 is 0 Å². The average molecular weight is 346 g/mol. The Balaban J connectivity index is 1.49. The second-order valence-corrected chi connectivity index (χ2v) is 6.13. The number of pyridine rings is 1. The second-order valence-electron chi connectivity index (χ2n) is 6.13. The van der Waals surface area contributed by atoms with Gasteiger partial charge >= 0.3 is 0 Å². The van der Waals surface area contributed by atoms with Gasteiger partial charge in [-0.3, -0.25) is 9.67 Å². The summed E-state index contributed by atoms with van der Waals surface area (Å²) in [4.78, 5) is 17.8. The van der Waals surface area contributed by atoms with Crippen molar-refractivity contribution in [3.05, 3.63) is 48.7 Å². The lowest BCUT2D eigenvalue weighted by Crippen LogP contribution is -2.47. The van der Waals surface area contributed by atoms with E-state index in [4.69, 9.17) is 4.98 Å². The van der Waals surface area contributed by atoms with Crippen molar-refractivity contribution in [2.75, 3.05) is 36.0 Å². The first-order valence-electron chi connectivity index (χ1n) is 8.40. The summed E-state index contributed by atoms with van der Waals surface area (Å²) in [5, 5.41) is 13.5. The summed E-state index contributed by atoms with van der Waals surface area (Å²) >= 11 is 0. The Morgan fingerprint density at radius 3 is 2.62 bits per heavy atom. The molecule has 8 nitrogen and oxygen atoms in total. The van der Waals surface area contributed by atoms with Crippen LogP contribution in [0, 0.1) is 11.3 Å². The van der Waals surface area contributed by atoms with Crippen LogP contribution in [0.5, 0.6) is 0 Å². The minimum atomic E-state index is 0.610. The van der Waals surface area contributed by atoms with Gasteiger partial charge < -0.3 is 9.80 Å². The fraction of sp³-hybridized carbons (Fsp3) is 0.278. The van der Waals surface area contributed by atoms with Crippen LogP contribution in [0.1, 0.15) is 5.56 Å². The van der Waals surface area contributed by atoms with Crippen molar-refractivity contribution < 1.29 is 0 Å². The summed E-state index contributed by atoms with van der Waals surface area (Å²) in [6, 6.07) is 5.81. The zero-order valence-corrected chi connectivity index (χ0v) is 14.4. The predicted molar refractivity (Wildman–Crippen MR) is 97.6 cm³/mol. The minimum absolute atomic E-state index is 0.610. The predicted octanol–water partition coefficient (Wildman–Crippen LogP) is 1.47. The normalized spacial score (nSPS) is 14.3. The highest BCUT2D eigenvalue weighted by molar-refractivity contribution is 5.59. The molecule has 130 valence electrons. The van der Waals surface area contributed by atoms with Crippen molar-refractivity contribution in [1.29, 1.82) is 5.26 Å². The van der Waals surface area contributed by atoms with Crippen LogP contribution in [-0.2, 0) is 7.05 Å². The molecule has 1 fully saturated rings. The zero-order chi connectivity index (χ0) is 17.9. The maximum atomic E-state index is 9.27. The van der Waals surface area contributed by atoms with Gasteiger partial charge in [0.2, 0.25) is 0 Å². The fourth-order valence-corrected chi connectivity index (χ4v) is 3.08. The highest BCUT2D eigenvalue weighted by atomic mass is 15.3. The van der Waals surface area contributed by atoms with E-state index in [2.05, 4.69) is 30.9 Å². The summed E-state index contributed by atoms with van der Waals surface area (Å²) < 4.78 is 1.75. The van der Waals surface area contributed by atoms with Gasteiger partial charge in [0.25, 0.3) is 0 Å². The van der Waals surface area contributed by atoms with Gasteiger partial charge in [-0.15, -0.1) is 0 Å². The van der Waals surface area contributed by atoms with E-state index in [0.717, 1.165) is 49.1 Å². The van der Waals surface area contributed by atoms with Crippen LogP contribution in [0.3, 0.4) is 0 Å².